The number of hydrazine groups is 1. The minimum atomic E-state index is -0.465. The predicted octanol–water partition coefficient (Wildman–Crippen LogP) is 3.63. The SMILES string of the molecule is Cc1ccc(-c2nn(-c3ccccc3)cc2C(=O)NNC(=O)c2cccnc2)cc1C. The Morgan fingerprint density at radius 1 is 0.871 bits per heavy atom. The molecule has 0 bridgehead atoms. The summed E-state index contributed by atoms with van der Waals surface area (Å²) >= 11 is 0. The number of benzene rings is 2. The summed E-state index contributed by atoms with van der Waals surface area (Å²) in [6, 6.07) is 18.7. The van der Waals surface area contributed by atoms with E-state index in [1.165, 1.54) is 6.20 Å². The summed E-state index contributed by atoms with van der Waals surface area (Å²) in [6.07, 6.45) is 4.66. The van der Waals surface area contributed by atoms with Gasteiger partial charge in [0.2, 0.25) is 0 Å². The largest absolute Gasteiger partial charge is 0.273 e. The van der Waals surface area contributed by atoms with Crippen LogP contribution in [0.3, 0.4) is 0 Å². The van der Waals surface area contributed by atoms with Crippen molar-refractivity contribution in [3.8, 4) is 16.9 Å². The third-order valence-corrected chi connectivity index (χ3v) is 4.97. The predicted molar refractivity (Wildman–Crippen MR) is 118 cm³/mol. The molecule has 0 aliphatic heterocycles. The molecule has 4 rings (SSSR count). The highest BCUT2D eigenvalue weighted by atomic mass is 16.2. The molecule has 0 aliphatic rings. The number of carbonyl (C=O) groups is 2. The molecule has 2 aromatic heterocycles. The topological polar surface area (TPSA) is 88.9 Å². The summed E-state index contributed by atoms with van der Waals surface area (Å²) < 4.78 is 1.66. The van der Waals surface area contributed by atoms with E-state index >= 15 is 0 Å². The average molecular weight is 411 g/mol. The van der Waals surface area contributed by atoms with Crippen LogP contribution in [0.25, 0.3) is 16.9 Å². The van der Waals surface area contributed by atoms with E-state index in [0.717, 1.165) is 22.4 Å². The number of rotatable bonds is 4. The Balaban J connectivity index is 1.66. The van der Waals surface area contributed by atoms with Gasteiger partial charge >= 0.3 is 0 Å². The number of nitrogens with zero attached hydrogens (tertiary/aromatic N) is 3. The summed E-state index contributed by atoms with van der Waals surface area (Å²) in [4.78, 5) is 29.1. The van der Waals surface area contributed by atoms with Crippen molar-refractivity contribution < 1.29 is 9.59 Å². The standard InChI is InChI=1S/C24H21N5O2/c1-16-10-11-18(13-17(16)2)22-21(15-29(28-22)20-8-4-3-5-9-20)24(31)27-26-23(30)19-7-6-12-25-14-19/h3-15H,1-2H3,(H,26,30)(H,27,31). The van der Waals surface area contributed by atoms with Crippen molar-refractivity contribution in [3.63, 3.8) is 0 Å². The van der Waals surface area contributed by atoms with Crippen LogP contribution in [0, 0.1) is 13.8 Å². The molecular weight excluding hydrogens is 390 g/mol. The molecule has 0 aliphatic carbocycles. The summed E-state index contributed by atoms with van der Waals surface area (Å²) in [5.74, 6) is -0.919. The van der Waals surface area contributed by atoms with Crippen molar-refractivity contribution in [1.82, 2.24) is 25.6 Å². The Morgan fingerprint density at radius 3 is 2.35 bits per heavy atom. The van der Waals surface area contributed by atoms with Crippen molar-refractivity contribution in [2.24, 2.45) is 0 Å². The van der Waals surface area contributed by atoms with Gasteiger partial charge in [-0.15, -0.1) is 0 Å². The smallest absolute Gasteiger partial charge is 0.267 e. The first-order valence-electron chi connectivity index (χ1n) is 9.76. The van der Waals surface area contributed by atoms with Crippen molar-refractivity contribution >= 4 is 11.8 Å². The van der Waals surface area contributed by atoms with Gasteiger partial charge in [0.15, 0.2) is 0 Å². The van der Waals surface area contributed by atoms with Gasteiger partial charge in [-0.05, 0) is 55.3 Å². The van der Waals surface area contributed by atoms with Crippen LogP contribution < -0.4 is 10.9 Å². The van der Waals surface area contributed by atoms with E-state index in [4.69, 9.17) is 0 Å². The minimum absolute atomic E-state index is 0.345. The molecule has 0 saturated carbocycles. The molecule has 0 fully saturated rings. The number of aromatic nitrogens is 3. The lowest BCUT2D eigenvalue weighted by Gasteiger charge is -2.08. The second kappa shape index (κ2) is 8.62. The Labute approximate surface area is 179 Å². The molecule has 2 N–H and O–H groups in total. The van der Waals surface area contributed by atoms with Crippen molar-refractivity contribution in [2.75, 3.05) is 0 Å². The molecule has 0 saturated heterocycles. The molecule has 154 valence electrons. The Hall–Kier alpha value is -4.26. The van der Waals surface area contributed by atoms with E-state index in [1.54, 1.807) is 29.2 Å². The molecule has 0 unspecified atom stereocenters. The molecule has 31 heavy (non-hydrogen) atoms. The molecule has 0 spiro atoms. The monoisotopic (exact) mass is 411 g/mol. The highest BCUT2D eigenvalue weighted by molar-refractivity contribution is 6.02. The van der Waals surface area contributed by atoms with Gasteiger partial charge in [0.1, 0.15) is 5.69 Å². The first-order chi connectivity index (χ1) is 15.0. The van der Waals surface area contributed by atoms with Crippen LogP contribution in [0.4, 0.5) is 0 Å². The second-order valence-corrected chi connectivity index (χ2v) is 7.12. The molecule has 2 amide bonds. The normalized spacial score (nSPS) is 10.5. The fourth-order valence-corrected chi connectivity index (χ4v) is 3.11. The zero-order valence-corrected chi connectivity index (χ0v) is 17.2. The van der Waals surface area contributed by atoms with Gasteiger partial charge in [-0.2, -0.15) is 5.10 Å². The number of pyridine rings is 1. The maximum atomic E-state index is 13.0. The van der Waals surface area contributed by atoms with Crippen molar-refractivity contribution in [2.45, 2.75) is 13.8 Å². The second-order valence-electron chi connectivity index (χ2n) is 7.12. The number of hydrogen-bond acceptors (Lipinski definition) is 4. The maximum Gasteiger partial charge on any atom is 0.273 e. The molecule has 0 atom stereocenters. The Kier molecular flexibility index (Phi) is 5.57. The van der Waals surface area contributed by atoms with Crippen molar-refractivity contribution in [3.05, 3.63) is 102 Å². The fourth-order valence-electron chi connectivity index (χ4n) is 3.11. The fraction of sp³-hybridized carbons (Fsp3) is 0.0833. The van der Waals surface area contributed by atoms with Gasteiger partial charge in [-0.3, -0.25) is 25.4 Å². The van der Waals surface area contributed by atoms with Gasteiger partial charge in [-0.25, -0.2) is 4.68 Å². The van der Waals surface area contributed by atoms with Crippen LogP contribution in [-0.2, 0) is 0 Å². The van der Waals surface area contributed by atoms with E-state index in [9.17, 15) is 9.59 Å². The molecule has 7 heteroatoms. The summed E-state index contributed by atoms with van der Waals surface area (Å²) in [5, 5.41) is 4.66. The first-order valence-corrected chi connectivity index (χ1v) is 9.76. The summed E-state index contributed by atoms with van der Waals surface area (Å²) in [6.45, 7) is 4.05. The maximum absolute atomic E-state index is 13.0. The number of para-hydroxylation sites is 1. The zero-order chi connectivity index (χ0) is 21.8. The molecule has 2 heterocycles. The van der Waals surface area contributed by atoms with E-state index in [2.05, 4.69) is 20.9 Å². The minimum Gasteiger partial charge on any atom is -0.267 e. The number of nitrogens with one attached hydrogen (secondary N) is 2. The van der Waals surface area contributed by atoms with Crippen LogP contribution >= 0.6 is 0 Å². The molecule has 2 aromatic carbocycles. The molecular formula is C24H21N5O2. The van der Waals surface area contributed by atoms with Crippen LogP contribution in [0.5, 0.6) is 0 Å². The number of hydrogen-bond donors (Lipinski definition) is 2. The first kappa shape index (κ1) is 20.0. The lowest BCUT2D eigenvalue weighted by Crippen LogP contribution is -2.41. The van der Waals surface area contributed by atoms with E-state index in [0.29, 0.717) is 16.8 Å². The summed E-state index contributed by atoms with van der Waals surface area (Å²) in [5.41, 5.74) is 10.0. The zero-order valence-electron chi connectivity index (χ0n) is 17.2. The van der Waals surface area contributed by atoms with Crippen LogP contribution in [0.1, 0.15) is 31.8 Å². The lowest BCUT2D eigenvalue weighted by molar-refractivity contribution is 0.0847. The Morgan fingerprint density at radius 2 is 1.65 bits per heavy atom. The lowest BCUT2D eigenvalue weighted by atomic mass is 10.0. The highest BCUT2D eigenvalue weighted by Crippen LogP contribution is 2.25. The van der Waals surface area contributed by atoms with Gasteiger partial charge < -0.3 is 0 Å². The van der Waals surface area contributed by atoms with Gasteiger partial charge in [0.25, 0.3) is 11.8 Å². The third kappa shape index (κ3) is 4.35. The quantitative estimate of drug-likeness (QED) is 0.502. The van der Waals surface area contributed by atoms with Gasteiger partial charge in [-0.1, -0.05) is 30.3 Å². The molecule has 7 nitrogen and oxygen atoms in total. The van der Waals surface area contributed by atoms with Crippen LogP contribution in [0.15, 0.2) is 79.3 Å². The van der Waals surface area contributed by atoms with Crippen LogP contribution in [-0.4, -0.2) is 26.6 Å². The van der Waals surface area contributed by atoms with E-state index in [-0.39, 0.29) is 0 Å². The average Bonchev–Trinajstić information content (AvgIpc) is 3.26. The van der Waals surface area contributed by atoms with Gasteiger partial charge in [0.05, 0.1) is 16.8 Å². The number of aryl methyl sites for hydroxylation is 2. The third-order valence-electron chi connectivity index (χ3n) is 4.97. The molecule has 4 aromatic rings. The highest BCUT2D eigenvalue weighted by Gasteiger charge is 2.20. The van der Waals surface area contributed by atoms with Gasteiger partial charge in [0, 0.05) is 24.2 Å². The number of carbonyl (C=O) groups excluding carboxylic acids is 2. The van der Waals surface area contributed by atoms with Crippen molar-refractivity contribution in [1.29, 1.82) is 0 Å². The van der Waals surface area contributed by atoms with Crippen LogP contribution in [0.2, 0.25) is 0 Å². The molecule has 0 radical (unpaired) electrons. The van der Waals surface area contributed by atoms with E-state index in [1.807, 2.05) is 62.4 Å². The Bertz CT molecular complexity index is 1230. The van der Waals surface area contributed by atoms with E-state index < -0.39 is 11.8 Å². The number of amides is 2. The summed E-state index contributed by atoms with van der Waals surface area (Å²) in [7, 11) is 0.